The lowest BCUT2D eigenvalue weighted by molar-refractivity contribution is -0.313. The zero-order valence-electron chi connectivity index (χ0n) is 27.5. The monoisotopic (exact) mass is 670 g/mol. The lowest BCUT2D eigenvalue weighted by Crippen LogP contribution is -2.62. The van der Waals surface area contributed by atoms with Crippen LogP contribution in [0, 0.1) is 0 Å². The molecule has 0 N–H and O–H groups in total. The highest BCUT2D eigenvalue weighted by Gasteiger charge is 2.57. The summed E-state index contributed by atoms with van der Waals surface area (Å²) in [7, 11) is -2.13. The molecule has 3 aliphatic heterocycles. The van der Waals surface area contributed by atoms with Crippen molar-refractivity contribution in [1.29, 1.82) is 0 Å². The molecule has 0 bridgehead atoms. The summed E-state index contributed by atoms with van der Waals surface area (Å²) in [5.41, 5.74) is 2.00. The zero-order valence-corrected chi connectivity index (χ0v) is 28.5. The van der Waals surface area contributed by atoms with Crippen molar-refractivity contribution in [3.63, 3.8) is 0 Å². The third-order valence-corrected chi connectivity index (χ3v) is 13.6. The highest BCUT2D eigenvalue weighted by molar-refractivity contribution is 6.73. The van der Waals surface area contributed by atoms with E-state index in [0.717, 1.165) is 29.3 Å². The van der Waals surface area contributed by atoms with Gasteiger partial charge in [-0.25, -0.2) is 4.79 Å². The van der Waals surface area contributed by atoms with Crippen LogP contribution in [0.4, 0.5) is 4.79 Å². The van der Waals surface area contributed by atoms with E-state index >= 15 is 0 Å². The SMILES string of the molecule is CC[Si](CC)(CC)O[C@H]1C=CO[C@H](COCc2ccccc2)[C@H]1O[C@@H]1O[C@H](COCc2ccccc2)[C@@H]2OC(=O)O[C@@H]2[C@H]1OC(C)=O. The predicted molar refractivity (Wildman–Crippen MR) is 173 cm³/mol. The van der Waals surface area contributed by atoms with Crippen LogP contribution in [0.5, 0.6) is 0 Å². The Balaban J connectivity index is 1.39. The first-order valence-electron chi connectivity index (χ1n) is 16.4. The van der Waals surface area contributed by atoms with Crippen LogP contribution in [-0.2, 0) is 60.3 Å². The molecule has 2 saturated heterocycles. The van der Waals surface area contributed by atoms with Crippen LogP contribution in [0.25, 0.3) is 0 Å². The molecule has 0 saturated carbocycles. The largest absolute Gasteiger partial charge is 0.509 e. The maximum absolute atomic E-state index is 12.4. The molecule has 8 atom stereocenters. The maximum Gasteiger partial charge on any atom is 0.509 e. The van der Waals surface area contributed by atoms with Gasteiger partial charge in [0.05, 0.1) is 38.8 Å². The van der Waals surface area contributed by atoms with E-state index in [1.807, 2.05) is 66.7 Å². The van der Waals surface area contributed by atoms with Crippen LogP contribution in [0.15, 0.2) is 73.0 Å². The van der Waals surface area contributed by atoms with Gasteiger partial charge in [-0.15, -0.1) is 0 Å². The number of fused-ring (bicyclic) bond motifs is 1. The Kier molecular flexibility index (Phi) is 12.5. The molecule has 0 amide bonds. The Bertz CT molecular complexity index is 1300. The molecular weight excluding hydrogens is 624 g/mol. The van der Waals surface area contributed by atoms with Gasteiger partial charge in [-0.2, -0.15) is 0 Å². The molecule has 12 heteroatoms. The third kappa shape index (κ3) is 9.01. The van der Waals surface area contributed by atoms with Gasteiger partial charge < -0.3 is 42.3 Å². The molecule has 0 spiro atoms. The van der Waals surface area contributed by atoms with Gasteiger partial charge in [0.25, 0.3) is 0 Å². The summed E-state index contributed by atoms with van der Waals surface area (Å²) < 4.78 is 55.0. The van der Waals surface area contributed by atoms with Gasteiger partial charge in [-0.3, -0.25) is 4.79 Å². The average molecular weight is 671 g/mol. The standard InChI is InChI=1S/C35H46O11Si/c1-5-47(6-2,7-3)46-27-18-19-40-28(22-38-20-25-14-10-8-11-15-25)30(27)43-34-33(41-24(4)36)32-31(44-35(37)45-32)29(42-34)23-39-21-26-16-12-9-13-17-26/h8-19,27-34H,5-7,20-23H2,1-4H3/t27-,28+,29+,30-,31-,32-,33+,34-/m0/s1. The summed E-state index contributed by atoms with van der Waals surface area (Å²) in [6, 6.07) is 22.3. The second kappa shape index (κ2) is 16.7. The van der Waals surface area contributed by atoms with E-state index in [1.165, 1.54) is 6.92 Å². The molecule has 256 valence electrons. The lowest BCUT2D eigenvalue weighted by Gasteiger charge is -2.45. The quantitative estimate of drug-likeness (QED) is 0.163. The van der Waals surface area contributed by atoms with Crippen molar-refractivity contribution in [3.05, 3.63) is 84.1 Å². The molecule has 0 aliphatic carbocycles. The molecule has 11 nitrogen and oxygen atoms in total. The molecular formula is C35H46O11Si. The van der Waals surface area contributed by atoms with E-state index in [2.05, 4.69) is 20.8 Å². The zero-order chi connectivity index (χ0) is 33.2. The van der Waals surface area contributed by atoms with E-state index in [4.69, 9.17) is 42.3 Å². The van der Waals surface area contributed by atoms with E-state index in [1.54, 1.807) is 6.26 Å². The van der Waals surface area contributed by atoms with Crippen molar-refractivity contribution >= 4 is 20.4 Å². The number of ether oxygens (including phenoxy) is 8. The summed E-state index contributed by atoms with van der Waals surface area (Å²) in [6.45, 7) is 8.73. The van der Waals surface area contributed by atoms with Crippen LogP contribution < -0.4 is 0 Å². The van der Waals surface area contributed by atoms with Crippen LogP contribution in [0.1, 0.15) is 38.8 Å². The number of benzene rings is 2. The molecule has 3 heterocycles. The molecule has 47 heavy (non-hydrogen) atoms. The minimum absolute atomic E-state index is 0.0709. The number of hydrogen-bond acceptors (Lipinski definition) is 11. The molecule has 5 rings (SSSR count). The lowest BCUT2D eigenvalue weighted by atomic mass is 9.98. The van der Waals surface area contributed by atoms with E-state index < -0.39 is 69.5 Å². The Morgan fingerprint density at radius 3 is 1.94 bits per heavy atom. The van der Waals surface area contributed by atoms with Gasteiger partial charge >= 0.3 is 12.1 Å². The maximum atomic E-state index is 12.4. The summed E-state index contributed by atoms with van der Waals surface area (Å²) >= 11 is 0. The smallest absolute Gasteiger partial charge is 0.493 e. The van der Waals surface area contributed by atoms with Crippen LogP contribution in [0.2, 0.25) is 18.1 Å². The Morgan fingerprint density at radius 1 is 0.787 bits per heavy atom. The van der Waals surface area contributed by atoms with Crippen molar-refractivity contribution in [2.45, 2.75) is 108 Å². The van der Waals surface area contributed by atoms with Crippen LogP contribution in [-0.4, -0.2) is 82.7 Å². The van der Waals surface area contributed by atoms with Gasteiger partial charge in [0.15, 0.2) is 32.9 Å². The molecule has 0 aromatic heterocycles. The van der Waals surface area contributed by atoms with Crippen molar-refractivity contribution in [2.24, 2.45) is 0 Å². The minimum Gasteiger partial charge on any atom is -0.493 e. The van der Waals surface area contributed by atoms with E-state index in [9.17, 15) is 9.59 Å². The first-order chi connectivity index (χ1) is 22.8. The molecule has 2 fully saturated rings. The minimum atomic E-state index is -2.13. The van der Waals surface area contributed by atoms with Gasteiger partial charge in [-0.1, -0.05) is 81.4 Å². The fourth-order valence-corrected chi connectivity index (χ4v) is 8.96. The summed E-state index contributed by atoms with van der Waals surface area (Å²) in [5.74, 6) is -0.586. The Hall–Kier alpha value is -3.26. The highest BCUT2D eigenvalue weighted by atomic mass is 28.4. The second-order valence-electron chi connectivity index (χ2n) is 12.0. The first-order valence-corrected chi connectivity index (χ1v) is 19.0. The summed E-state index contributed by atoms with van der Waals surface area (Å²) in [4.78, 5) is 24.7. The van der Waals surface area contributed by atoms with E-state index in [-0.39, 0.29) is 13.2 Å². The van der Waals surface area contributed by atoms with Crippen molar-refractivity contribution in [3.8, 4) is 0 Å². The molecule has 2 aromatic rings. The summed E-state index contributed by atoms with van der Waals surface area (Å²) in [5, 5.41) is 0. The first kappa shape index (κ1) is 35.1. The molecule has 0 unspecified atom stereocenters. The fraction of sp³-hybridized carbons (Fsp3) is 0.543. The van der Waals surface area contributed by atoms with Gasteiger partial charge in [0.2, 0.25) is 0 Å². The van der Waals surface area contributed by atoms with Gasteiger partial charge in [-0.05, 0) is 35.3 Å². The van der Waals surface area contributed by atoms with Gasteiger partial charge in [0.1, 0.15) is 18.3 Å². The number of esters is 1. The normalized spacial score (nSPS) is 28.6. The third-order valence-electron chi connectivity index (χ3n) is 8.97. The second-order valence-corrected chi connectivity index (χ2v) is 16.7. The number of hydrogen-bond donors (Lipinski definition) is 0. The summed E-state index contributed by atoms with van der Waals surface area (Å²) in [6.07, 6.45) is -4.07. The fourth-order valence-electron chi connectivity index (χ4n) is 6.17. The predicted octanol–water partition coefficient (Wildman–Crippen LogP) is 5.67. The topological polar surface area (TPSA) is 117 Å². The molecule has 0 radical (unpaired) electrons. The van der Waals surface area contributed by atoms with Crippen molar-refractivity contribution in [2.75, 3.05) is 13.2 Å². The van der Waals surface area contributed by atoms with Crippen molar-refractivity contribution in [1.82, 2.24) is 0 Å². The van der Waals surface area contributed by atoms with Gasteiger partial charge in [0, 0.05) is 6.92 Å². The Morgan fingerprint density at radius 2 is 1.36 bits per heavy atom. The molecule has 2 aromatic carbocycles. The van der Waals surface area contributed by atoms with Crippen LogP contribution >= 0.6 is 0 Å². The molecule has 3 aliphatic rings. The Labute approximate surface area is 277 Å². The average Bonchev–Trinajstić information content (AvgIpc) is 3.49. The highest BCUT2D eigenvalue weighted by Crippen LogP contribution is 2.36. The van der Waals surface area contributed by atoms with Crippen LogP contribution in [0.3, 0.4) is 0 Å². The van der Waals surface area contributed by atoms with E-state index in [0.29, 0.717) is 13.2 Å². The number of carbonyl (C=O) groups excluding carboxylic acids is 2. The van der Waals surface area contributed by atoms with Crippen molar-refractivity contribution < 1.29 is 51.9 Å². The number of carbonyl (C=O) groups is 2. The number of rotatable bonds is 16.